The summed E-state index contributed by atoms with van der Waals surface area (Å²) in [6, 6.07) is 5.47. The van der Waals surface area contributed by atoms with Crippen LogP contribution in [0, 0.1) is 22.0 Å². The maximum atomic E-state index is 11.9. The zero-order chi connectivity index (χ0) is 14.1. The molecule has 6 heteroatoms. The molecule has 1 saturated carbocycles. The van der Waals surface area contributed by atoms with Gasteiger partial charge in [-0.3, -0.25) is 14.9 Å². The number of hydrogen-bond acceptors (Lipinski definition) is 4. The third-order valence-electron chi connectivity index (χ3n) is 3.80. The van der Waals surface area contributed by atoms with Crippen molar-refractivity contribution in [3.05, 3.63) is 52.1 Å². The van der Waals surface area contributed by atoms with E-state index in [4.69, 9.17) is 0 Å². The van der Waals surface area contributed by atoms with Crippen molar-refractivity contribution in [2.24, 2.45) is 16.9 Å². The van der Waals surface area contributed by atoms with Crippen molar-refractivity contribution in [3.8, 4) is 0 Å². The van der Waals surface area contributed by atoms with Crippen molar-refractivity contribution in [3.63, 3.8) is 0 Å². The first-order valence-corrected chi connectivity index (χ1v) is 6.43. The molecular weight excluding hydrogens is 258 g/mol. The molecule has 0 bridgehead atoms. The zero-order valence-corrected chi connectivity index (χ0v) is 10.7. The van der Waals surface area contributed by atoms with Gasteiger partial charge in [0, 0.05) is 29.3 Å². The van der Waals surface area contributed by atoms with Gasteiger partial charge in [0.2, 0.25) is 0 Å². The molecular formula is C14H13N3O3. The number of hydrazone groups is 1. The van der Waals surface area contributed by atoms with E-state index in [-0.39, 0.29) is 11.6 Å². The van der Waals surface area contributed by atoms with Gasteiger partial charge in [0.15, 0.2) is 0 Å². The Bertz CT molecular complexity index is 619. The maximum Gasteiger partial charge on any atom is 0.271 e. The second-order valence-corrected chi connectivity index (χ2v) is 4.99. The molecule has 1 amide bonds. The van der Waals surface area contributed by atoms with Crippen molar-refractivity contribution < 1.29 is 9.72 Å². The quantitative estimate of drug-likeness (QED) is 0.520. The third kappa shape index (κ3) is 2.20. The van der Waals surface area contributed by atoms with Crippen LogP contribution in [0.4, 0.5) is 5.69 Å². The van der Waals surface area contributed by atoms with Gasteiger partial charge >= 0.3 is 0 Å². The number of nitro benzene ring substituents is 1. The molecule has 0 unspecified atom stereocenters. The van der Waals surface area contributed by atoms with E-state index in [9.17, 15) is 14.9 Å². The van der Waals surface area contributed by atoms with E-state index >= 15 is 0 Å². The maximum absolute atomic E-state index is 11.9. The molecule has 2 aliphatic rings. The molecule has 0 aliphatic heterocycles. The summed E-state index contributed by atoms with van der Waals surface area (Å²) < 4.78 is 0. The molecule has 2 aliphatic carbocycles. The molecule has 1 aromatic carbocycles. The molecule has 1 aromatic rings. The van der Waals surface area contributed by atoms with E-state index in [1.807, 2.05) is 0 Å². The fourth-order valence-corrected chi connectivity index (χ4v) is 2.58. The lowest BCUT2D eigenvalue weighted by Gasteiger charge is -2.31. The summed E-state index contributed by atoms with van der Waals surface area (Å²) in [6.07, 6.45) is 6.25. The van der Waals surface area contributed by atoms with Crippen LogP contribution in [0.1, 0.15) is 23.2 Å². The molecule has 0 aromatic heterocycles. The van der Waals surface area contributed by atoms with E-state index in [1.165, 1.54) is 24.3 Å². The molecule has 0 heterocycles. The average molecular weight is 271 g/mol. The van der Waals surface area contributed by atoms with Crippen LogP contribution in [0.2, 0.25) is 0 Å². The van der Waals surface area contributed by atoms with Gasteiger partial charge in [-0.2, -0.15) is 5.10 Å². The molecule has 6 nitrogen and oxygen atoms in total. The normalized spacial score (nSPS) is 25.1. The van der Waals surface area contributed by atoms with Crippen LogP contribution in [0.25, 0.3) is 0 Å². The Morgan fingerprint density at radius 2 is 2.10 bits per heavy atom. The molecule has 3 rings (SSSR count). The van der Waals surface area contributed by atoms with E-state index in [0.717, 1.165) is 18.6 Å². The lowest BCUT2D eigenvalue weighted by atomic mass is 9.74. The van der Waals surface area contributed by atoms with Gasteiger partial charge in [-0.1, -0.05) is 12.2 Å². The second-order valence-electron chi connectivity index (χ2n) is 4.99. The molecule has 1 fully saturated rings. The summed E-state index contributed by atoms with van der Waals surface area (Å²) in [6.45, 7) is 0. The molecule has 0 saturated heterocycles. The summed E-state index contributed by atoms with van der Waals surface area (Å²) in [5.41, 5.74) is 3.86. The molecule has 102 valence electrons. The Balaban J connectivity index is 1.62. The number of nitrogens with zero attached hydrogens (tertiary/aromatic N) is 2. The first-order valence-electron chi connectivity index (χ1n) is 6.43. The number of allylic oxidation sites excluding steroid dienone is 2. The van der Waals surface area contributed by atoms with E-state index < -0.39 is 4.92 Å². The Kier molecular flexibility index (Phi) is 3.06. The number of rotatable bonds is 3. The van der Waals surface area contributed by atoms with Crippen molar-refractivity contribution in [1.82, 2.24) is 5.43 Å². The number of nitrogens with one attached hydrogen (secondary N) is 1. The molecule has 2 atom stereocenters. The molecule has 1 N–H and O–H groups in total. The summed E-state index contributed by atoms with van der Waals surface area (Å²) in [5, 5.41) is 14.7. The highest BCUT2D eigenvalue weighted by atomic mass is 16.6. The van der Waals surface area contributed by atoms with Gasteiger partial charge in [-0.15, -0.1) is 0 Å². The van der Waals surface area contributed by atoms with Crippen molar-refractivity contribution in [2.75, 3.05) is 0 Å². The van der Waals surface area contributed by atoms with Gasteiger partial charge in [-0.05, 0) is 30.9 Å². The summed E-state index contributed by atoms with van der Waals surface area (Å²) >= 11 is 0. The van der Waals surface area contributed by atoms with E-state index in [1.54, 1.807) is 0 Å². The number of non-ortho nitro benzene ring substituents is 1. The number of carbonyl (C=O) groups is 1. The first-order chi connectivity index (χ1) is 9.65. The third-order valence-corrected chi connectivity index (χ3v) is 3.80. The highest BCUT2D eigenvalue weighted by Gasteiger charge is 2.37. The minimum Gasteiger partial charge on any atom is -0.267 e. The monoisotopic (exact) mass is 271 g/mol. The van der Waals surface area contributed by atoms with Crippen LogP contribution in [0.15, 0.2) is 41.5 Å². The van der Waals surface area contributed by atoms with Gasteiger partial charge < -0.3 is 0 Å². The van der Waals surface area contributed by atoms with Crippen LogP contribution in [-0.4, -0.2) is 16.5 Å². The second kappa shape index (κ2) is 4.88. The Labute approximate surface area is 115 Å². The van der Waals surface area contributed by atoms with Crippen LogP contribution in [-0.2, 0) is 0 Å². The van der Waals surface area contributed by atoms with Crippen LogP contribution in [0.3, 0.4) is 0 Å². The SMILES string of the molecule is O=C(N/N=C1/C[C@H]2C=CC[C@H]12)c1ccc([N+](=O)[O-])cc1. The predicted octanol–water partition coefficient (Wildman–Crippen LogP) is 2.28. The van der Waals surface area contributed by atoms with E-state index in [0.29, 0.717) is 17.4 Å². The average Bonchev–Trinajstić information content (AvgIpc) is 2.80. The predicted molar refractivity (Wildman–Crippen MR) is 73.4 cm³/mol. The van der Waals surface area contributed by atoms with Gasteiger partial charge in [0.25, 0.3) is 11.6 Å². The van der Waals surface area contributed by atoms with Gasteiger partial charge in [0.05, 0.1) is 4.92 Å². The largest absolute Gasteiger partial charge is 0.271 e. The Morgan fingerprint density at radius 1 is 1.35 bits per heavy atom. The number of carbonyl (C=O) groups excluding carboxylic acids is 1. The lowest BCUT2D eigenvalue weighted by molar-refractivity contribution is -0.384. The van der Waals surface area contributed by atoms with Crippen molar-refractivity contribution in [1.29, 1.82) is 0 Å². The highest BCUT2D eigenvalue weighted by molar-refractivity contribution is 5.98. The lowest BCUT2D eigenvalue weighted by Crippen LogP contribution is -2.35. The zero-order valence-electron chi connectivity index (χ0n) is 10.7. The van der Waals surface area contributed by atoms with Crippen LogP contribution in [0.5, 0.6) is 0 Å². The summed E-state index contributed by atoms with van der Waals surface area (Å²) in [5.74, 6) is 0.694. The number of nitro groups is 1. The summed E-state index contributed by atoms with van der Waals surface area (Å²) in [4.78, 5) is 21.9. The van der Waals surface area contributed by atoms with Crippen LogP contribution >= 0.6 is 0 Å². The van der Waals surface area contributed by atoms with Gasteiger partial charge in [-0.25, -0.2) is 5.43 Å². The minimum absolute atomic E-state index is 0.0354. The molecule has 0 spiro atoms. The number of hydrogen-bond donors (Lipinski definition) is 1. The smallest absolute Gasteiger partial charge is 0.267 e. The first kappa shape index (κ1) is 12.5. The Morgan fingerprint density at radius 3 is 2.75 bits per heavy atom. The fraction of sp³-hybridized carbons (Fsp3) is 0.286. The number of fused-ring (bicyclic) bond motifs is 1. The minimum atomic E-state index is -0.497. The number of amides is 1. The van der Waals surface area contributed by atoms with Crippen LogP contribution < -0.4 is 5.43 Å². The topological polar surface area (TPSA) is 84.6 Å². The van der Waals surface area contributed by atoms with Crippen molar-refractivity contribution >= 4 is 17.3 Å². The standard InChI is InChI=1S/C14H13N3O3/c18-14(9-4-6-11(7-5-9)17(19)20)16-15-13-8-10-2-1-3-12(10)13/h1-2,4-7,10,12H,3,8H2,(H,16,18)/b15-13-/t10-,12+/m1/s1. The number of benzene rings is 1. The Hall–Kier alpha value is -2.50. The van der Waals surface area contributed by atoms with E-state index in [2.05, 4.69) is 22.7 Å². The molecule has 0 radical (unpaired) electrons. The highest BCUT2D eigenvalue weighted by Crippen LogP contribution is 2.40. The van der Waals surface area contributed by atoms with Gasteiger partial charge in [0.1, 0.15) is 0 Å². The van der Waals surface area contributed by atoms with Crippen molar-refractivity contribution in [2.45, 2.75) is 12.8 Å². The summed E-state index contributed by atoms with van der Waals surface area (Å²) in [7, 11) is 0. The fourth-order valence-electron chi connectivity index (χ4n) is 2.58. The molecule has 20 heavy (non-hydrogen) atoms.